The highest BCUT2D eigenvalue weighted by Gasteiger charge is 2.01. The third-order valence-corrected chi connectivity index (χ3v) is 1.79. The predicted molar refractivity (Wildman–Crippen MR) is 62.0 cm³/mol. The van der Waals surface area contributed by atoms with Crippen molar-refractivity contribution in [3.8, 4) is 17.6 Å². The molecule has 0 radical (unpaired) electrons. The molecule has 0 aliphatic heterocycles. The number of aromatic nitrogens is 1. The van der Waals surface area contributed by atoms with Gasteiger partial charge in [0.1, 0.15) is 0 Å². The van der Waals surface area contributed by atoms with Crippen LogP contribution in [-0.2, 0) is 0 Å². The van der Waals surface area contributed by atoms with Crippen molar-refractivity contribution in [3.63, 3.8) is 0 Å². The molecule has 1 rings (SSSR count). The third kappa shape index (κ3) is 3.90. The van der Waals surface area contributed by atoms with E-state index < -0.39 is 0 Å². The Hall–Kier alpha value is -1.69. The molecule has 1 aromatic heterocycles. The Morgan fingerprint density at radius 2 is 2.40 bits per heavy atom. The molecule has 0 saturated heterocycles. The minimum absolute atomic E-state index is 0.648. The van der Waals surface area contributed by atoms with Crippen LogP contribution >= 0.6 is 0 Å². The van der Waals surface area contributed by atoms with Gasteiger partial charge in [0.2, 0.25) is 0 Å². The van der Waals surface area contributed by atoms with Gasteiger partial charge in [-0.15, -0.1) is 11.8 Å². The van der Waals surface area contributed by atoms with Gasteiger partial charge in [-0.2, -0.15) is 0 Å². The van der Waals surface area contributed by atoms with Crippen molar-refractivity contribution in [2.45, 2.75) is 20.3 Å². The van der Waals surface area contributed by atoms with Crippen molar-refractivity contribution in [2.75, 3.05) is 18.5 Å². The first-order valence-corrected chi connectivity index (χ1v) is 5.09. The zero-order valence-electron chi connectivity index (χ0n) is 9.21. The molecule has 3 heteroatoms. The molecule has 0 fully saturated rings. The van der Waals surface area contributed by atoms with E-state index in [1.807, 2.05) is 26.0 Å². The highest BCUT2D eigenvalue weighted by atomic mass is 16.5. The van der Waals surface area contributed by atoms with Crippen LogP contribution in [0.25, 0.3) is 0 Å². The lowest BCUT2D eigenvalue weighted by atomic mass is 10.4. The summed E-state index contributed by atoms with van der Waals surface area (Å²) in [5.74, 6) is 7.43. The van der Waals surface area contributed by atoms with Gasteiger partial charge < -0.3 is 10.1 Å². The van der Waals surface area contributed by atoms with Crippen LogP contribution in [0.4, 0.5) is 5.82 Å². The maximum atomic E-state index is 5.43. The highest BCUT2D eigenvalue weighted by Crippen LogP contribution is 2.20. The summed E-state index contributed by atoms with van der Waals surface area (Å²) in [6, 6.07) is 3.77. The number of hydrogen-bond donors (Lipinski definition) is 1. The van der Waals surface area contributed by atoms with E-state index in [0.29, 0.717) is 6.61 Å². The van der Waals surface area contributed by atoms with Gasteiger partial charge >= 0.3 is 0 Å². The largest absolute Gasteiger partial charge is 0.490 e. The normalized spacial score (nSPS) is 8.93. The summed E-state index contributed by atoms with van der Waals surface area (Å²) in [5, 5.41) is 3.19. The van der Waals surface area contributed by atoms with Crippen molar-refractivity contribution in [3.05, 3.63) is 18.3 Å². The van der Waals surface area contributed by atoms with E-state index in [0.717, 1.165) is 24.5 Å². The fraction of sp³-hybridized carbons (Fsp3) is 0.417. The Morgan fingerprint density at radius 3 is 3.13 bits per heavy atom. The van der Waals surface area contributed by atoms with E-state index in [1.165, 1.54) is 0 Å². The Labute approximate surface area is 90.9 Å². The molecule has 15 heavy (non-hydrogen) atoms. The molecule has 0 atom stereocenters. The molecule has 0 aromatic carbocycles. The van der Waals surface area contributed by atoms with Crippen molar-refractivity contribution >= 4 is 5.82 Å². The molecule has 80 valence electrons. The second kappa shape index (κ2) is 6.72. The monoisotopic (exact) mass is 204 g/mol. The summed E-state index contributed by atoms with van der Waals surface area (Å²) in [5.41, 5.74) is 0. The molecule has 0 aliphatic rings. The molecule has 0 unspecified atom stereocenters. The van der Waals surface area contributed by atoms with Gasteiger partial charge in [0.05, 0.1) is 6.61 Å². The lowest BCUT2D eigenvalue weighted by molar-refractivity contribution is 0.340. The predicted octanol–water partition coefficient (Wildman–Crippen LogP) is 2.31. The highest BCUT2D eigenvalue weighted by molar-refractivity contribution is 5.49. The maximum Gasteiger partial charge on any atom is 0.168 e. The van der Waals surface area contributed by atoms with Crippen LogP contribution < -0.4 is 10.1 Å². The Bertz CT molecular complexity index is 352. The number of hydrogen-bond acceptors (Lipinski definition) is 3. The molecule has 1 aromatic rings. The Morgan fingerprint density at radius 1 is 1.53 bits per heavy atom. The maximum absolute atomic E-state index is 5.43. The summed E-state index contributed by atoms with van der Waals surface area (Å²) in [4.78, 5) is 4.21. The van der Waals surface area contributed by atoms with Crippen LogP contribution in [0.2, 0.25) is 0 Å². The van der Waals surface area contributed by atoms with Crippen molar-refractivity contribution in [1.29, 1.82) is 0 Å². The topological polar surface area (TPSA) is 34.2 Å². The number of anilines is 1. The van der Waals surface area contributed by atoms with Gasteiger partial charge in [-0.1, -0.05) is 0 Å². The van der Waals surface area contributed by atoms with Crippen molar-refractivity contribution in [1.82, 2.24) is 4.98 Å². The minimum atomic E-state index is 0.648. The zero-order chi connectivity index (χ0) is 10.9. The SMILES string of the molecule is CC#CCCNc1ncccc1OCC. The van der Waals surface area contributed by atoms with Gasteiger partial charge in [-0.3, -0.25) is 0 Å². The van der Waals surface area contributed by atoms with Crippen LogP contribution in [0, 0.1) is 11.8 Å². The number of nitrogens with one attached hydrogen (secondary N) is 1. The number of ether oxygens (including phenoxy) is 1. The number of nitrogens with zero attached hydrogens (tertiary/aromatic N) is 1. The molecule has 0 bridgehead atoms. The molecular formula is C12H16N2O. The van der Waals surface area contributed by atoms with Gasteiger partial charge in [-0.05, 0) is 26.0 Å². The molecule has 1 heterocycles. The van der Waals surface area contributed by atoms with Gasteiger partial charge in [0, 0.05) is 19.2 Å². The average Bonchev–Trinajstić information content (AvgIpc) is 2.27. The fourth-order valence-electron chi connectivity index (χ4n) is 1.16. The first kappa shape index (κ1) is 11.4. The summed E-state index contributed by atoms with van der Waals surface area (Å²) < 4.78 is 5.43. The summed E-state index contributed by atoms with van der Waals surface area (Å²) >= 11 is 0. The first-order chi connectivity index (χ1) is 7.38. The van der Waals surface area contributed by atoms with Gasteiger partial charge in [-0.25, -0.2) is 4.98 Å². The second-order valence-corrected chi connectivity index (χ2v) is 2.89. The average molecular weight is 204 g/mol. The van der Waals surface area contributed by atoms with Crippen LogP contribution in [0.15, 0.2) is 18.3 Å². The van der Waals surface area contributed by atoms with E-state index in [9.17, 15) is 0 Å². The second-order valence-electron chi connectivity index (χ2n) is 2.89. The molecule has 1 N–H and O–H groups in total. The smallest absolute Gasteiger partial charge is 0.168 e. The van der Waals surface area contributed by atoms with Crippen LogP contribution in [0.1, 0.15) is 20.3 Å². The summed E-state index contributed by atoms with van der Waals surface area (Å²) in [6.45, 7) is 5.23. The number of pyridine rings is 1. The lowest BCUT2D eigenvalue weighted by Gasteiger charge is -2.09. The molecule has 0 aliphatic carbocycles. The zero-order valence-corrected chi connectivity index (χ0v) is 9.21. The van der Waals surface area contributed by atoms with Crippen molar-refractivity contribution < 1.29 is 4.74 Å². The summed E-state index contributed by atoms with van der Waals surface area (Å²) in [7, 11) is 0. The molecule has 0 saturated carbocycles. The first-order valence-electron chi connectivity index (χ1n) is 5.09. The van der Waals surface area contributed by atoms with E-state index in [4.69, 9.17) is 4.74 Å². The van der Waals surface area contributed by atoms with Gasteiger partial charge in [0.15, 0.2) is 11.6 Å². The van der Waals surface area contributed by atoms with E-state index in [-0.39, 0.29) is 0 Å². The standard InChI is InChI=1S/C12H16N2O/c1-3-5-6-9-13-12-11(15-4-2)8-7-10-14-12/h7-8,10H,4,6,9H2,1-2H3,(H,13,14). The minimum Gasteiger partial charge on any atom is -0.490 e. The Kier molecular flexibility index (Phi) is 5.10. The van der Waals surface area contributed by atoms with Crippen molar-refractivity contribution in [2.24, 2.45) is 0 Å². The quantitative estimate of drug-likeness (QED) is 0.590. The van der Waals surface area contributed by atoms with E-state index in [1.54, 1.807) is 6.20 Å². The van der Waals surface area contributed by atoms with E-state index in [2.05, 4.69) is 22.1 Å². The molecule has 3 nitrogen and oxygen atoms in total. The van der Waals surface area contributed by atoms with Crippen LogP contribution in [0.5, 0.6) is 5.75 Å². The van der Waals surface area contributed by atoms with Crippen LogP contribution in [-0.4, -0.2) is 18.1 Å². The molecule has 0 spiro atoms. The Balaban J connectivity index is 2.53. The van der Waals surface area contributed by atoms with E-state index >= 15 is 0 Å². The molecular weight excluding hydrogens is 188 g/mol. The summed E-state index contributed by atoms with van der Waals surface area (Å²) in [6.07, 6.45) is 2.56. The van der Waals surface area contributed by atoms with Gasteiger partial charge in [0.25, 0.3) is 0 Å². The third-order valence-electron chi connectivity index (χ3n) is 1.79. The van der Waals surface area contributed by atoms with Crippen LogP contribution in [0.3, 0.4) is 0 Å². The lowest BCUT2D eigenvalue weighted by Crippen LogP contribution is -2.05. The number of rotatable bonds is 5. The molecule has 0 amide bonds. The fourth-order valence-corrected chi connectivity index (χ4v) is 1.16.